The van der Waals surface area contributed by atoms with Gasteiger partial charge in [-0.05, 0) is 43.8 Å². The summed E-state index contributed by atoms with van der Waals surface area (Å²) < 4.78 is 0. The molecule has 0 aromatic carbocycles. The minimum absolute atomic E-state index is 0. The van der Waals surface area contributed by atoms with Gasteiger partial charge in [0.15, 0.2) is 0 Å². The summed E-state index contributed by atoms with van der Waals surface area (Å²) in [6.07, 6.45) is 11.1. The van der Waals surface area contributed by atoms with Gasteiger partial charge in [0.1, 0.15) is 0 Å². The first-order chi connectivity index (χ1) is 9.78. The number of likely N-dealkylation sites (tertiary alicyclic amines) is 1. The first kappa shape index (κ1) is 17.4. The van der Waals surface area contributed by atoms with Gasteiger partial charge in [-0.3, -0.25) is 9.69 Å². The summed E-state index contributed by atoms with van der Waals surface area (Å²) in [5.74, 6) is 2.84. The molecule has 5 heteroatoms. The number of rotatable bonds is 6. The Bertz CT molecular complexity index is 345. The zero-order valence-corrected chi connectivity index (χ0v) is 14.7. The second-order valence-electron chi connectivity index (χ2n) is 6.81. The Morgan fingerprint density at radius 2 is 1.90 bits per heavy atom. The predicted molar refractivity (Wildman–Crippen MR) is 92.2 cm³/mol. The molecule has 0 aromatic heterocycles. The average molecular weight is 333 g/mol. The Hall–Kier alpha value is 0.0700. The number of carbonyl (C=O) groups excluding carboxylic acids is 1. The number of nitrogens with zero attached hydrogens (tertiary/aromatic N) is 1. The van der Waals surface area contributed by atoms with Crippen LogP contribution in [0.5, 0.6) is 0 Å². The van der Waals surface area contributed by atoms with Gasteiger partial charge in [-0.2, -0.15) is 11.8 Å². The van der Waals surface area contributed by atoms with Crippen molar-refractivity contribution in [1.82, 2.24) is 10.2 Å². The second-order valence-corrected chi connectivity index (χ2v) is 7.80. The number of halogens is 1. The lowest BCUT2D eigenvalue weighted by molar-refractivity contribution is -0.121. The number of carbonyl (C=O) groups is 1. The number of hydrogen-bond donors (Lipinski definition) is 1. The maximum atomic E-state index is 12.0. The van der Waals surface area contributed by atoms with Crippen LogP contribution in [-0.2, 0) is 4.79 Å². The molecule has 0 bridgehead atoms. The van der Waals surface area contributed by atoms with E-state index in [1.807, 2.05) is 0 Å². The van der Waals surface area contributed by atoms with E-state index in [1.165, 1.54) is 45.1 Å². The van der Waals surface area contributed by atoms with Crippen molar-refractivity contribution < 1.29 is 4.79 Å². The molecule has 1 amide bonds. The smallest absolute Gasteiger partial charge is 0.221 e. The molecule has 1 saturated heterocycles. The Morgan fingerprint density at radius 1 is 1.19 bits per heavy atom. The molecule has 0 aromatic rings. The van der Waals surface area contributed by atoms with E-state index >= 15 is 0 Å². The molecule has 2 aliphatic carbocycles. The molecule has 2 atom stereocenters. The highest BCUT2D eigenvalue weighted by Gasteiger charge is 2.44. The first-order valence-electron chi connectivity index (χ1n) is 8.30. The average Bonchev–Trinajstić information content (AvgIpc) is 2.99. The topological polar surface area (TPSA) is 32.3 Å². The van der Waals surface area contributed by atoms with E-state index in [1.54, 1.807) is 11.8 Å². The van der Waals surface area contributed by atoms with Gasteiger partial charge in [0.25, 0.3) is 0 Å². The minimum atomic E-state index is 0. The Kier molecular flexibility index (Phi) is 6.70. The van der Waals surface area contributed by atoms with Gasteiger partial charge >= 0.3 is 0 Å². The highest BCUT2D eigenvalue weighted by molar-refractivity contribution is 7.98. The Labute approximate surface area is 139 Å². The summed E-state index contributed by atoms with van der Waals surface area (Å²) in [6, 6.07) is 1.24. The molecule has 0 spiro atoms. The highest BCUT2D eigenvalue weighted by atomic mass is 35.5. The molecular formula is C16H29ClN2OS. The third-order valence-electron chi connectivity index (χ3n) is 5.34. The fourth-order valence-corrected chi connectivity index (χ4v) is 4.45. The quantitative estimate of drug-likeness (QED) is 0.811. The van der Waals surface area contributed by atoms with Crippen LogP contribution < -0.4 is 5.32 Å². The van der Waals surface area contributed by atoms with Crippen molar-refractivity contribution in [2.75, 3.05) is 25.1 Å². The summed E-state index contributed by atoms with van der Waals surface area (Å²) in [4.78, 5) is 14.7. The van der Waals surface area contributed by atoms with Crippen LogP contribution in [0.2, 0.25) is 0 Å². The van der Waals surface area contributed by atoms with Gasteiger partial charge in [-0.25, -0.2) is 0 Å². The van der Waals surface area contributed by atoms with Gasteiger partial charge in [-0.1, -0.05) is 12.8 Å². The van der Waals surface area contributed by atoms with Crippen molar-refractivity contribution in [2.45, 2.75) is 57.0 Å². The fraction of sp³-hybridized carbons (Fsp3) is 0.938. The van der Waals surface area contributed by atoms with E-state index < -0.39 is 0 Å². The second kappa shape index (κ2) is 8.07. The monoisotopic (exact) mass is 332 g/mol. The lowest BCUT2D eigenvalue weighted by Gasteiger charge is -2.23. The maximum absolute atomic E-state index is 12.0. The number of hydrogen-bond acceptors (Lipinski definition) is 3. The summed E-state index contributed by atoms with van der Waals surface area (Å²) in [5, 5.41) is 3.34. The molecule has 0 unspecified atom stereocenters. The van der Waals surface area contributed by atoms with E-state index in [9.17, 15) is 4.79 Å². The van der Waals surface area contributed by atoms with E-state index in [-0.39, 0.29) is 18.3 Å². The lowest BCUT2D eigenvalue weighted by Crippen LogP contribution is -2.42. The van der Waals surface area contributed by atoms with Crippen molar-refractivity contribution >= 4 is 30.1 Å². The molecule has 1 heterocycles. The molecule has 1 aliphatic heterocycles. The van der Waals surface area contributed by atoms with E-state index in [4.69, 9.17) is 0 Å². The zero-order valence-electron chi connectivity index (χ0n) is 13.1. The van der Waals surface area contributed by atoms with Crippen LogP contribution in [0.3, 0.4) is 0 Å². The van der Waals surface area contributed by atoms with Gasteiger partial charge in [0.05, 0.1) is 0 Å². The summed E-state index contributed by atoms with van der Waals surface area (Å²) in [6.45, 7) is 2.35. The first-order valence-corrected chi connectivity index (χ1v) is 9.69. The summed E-state index contributed by atoms with van der Waals surface area (Å²) in [5.41, 5.74) is 0. The largest absolute Gasteiger partial charge is 0.352 e. The number of thioether (sulfide) groups is 1. The molecule has 3 fully saturated rings. The van der Waals surface area contributed by atoms with Crippen molar-refractivity contribution in [2.24, 2.45) is 11.8 Å². The van der Waals surface area contributed by atoms with E-state index in [0.717, 1.165) is 30.2 Å². The minimum Gasteiger partial charge on any atom is -0.352 e. The molecule has 3 nitrogen and oxygen atoms in total. The molecule has 122 valence electrons. The molecule has 0 radical (unpaired) electrons. The highest BCUT2D eigenvalue weighted by Crippen LogP contribution is 2.42. The van der Waals surface area contributed by atoms with E-state index in [2.05, 4.69) is 16.5 Å². The lowest BCUT2D eigenvalue weighted by atomic mass is 9.98. The van der Waals surface area contributed by atoms with Crippen LogP contribution in [0.4, 0.5) is 0 Å². The third kappa shape index (κ3) is 4.52. The van der Waals surface area contributed by atoms with Crippen molar-refractivity contribution in [3.05, 3.63) is 0 Å². The van der Waals surface area contributed by atoms with Crippen LogP contribution in [-0.4, -0.2) is 48.0 Å². The molecule has 3 aliphatic rings. The Morgan fingerprint density at radius 3 is 2.52 bits per heavy atom. The molecule has 3 rings (SSSR count). The standard InChI is InChI=1S/C16H28N2OS.ClH/c1-20-9-8-16(19)17-15-11-18(13-4-2-3-5-13)10-14(15)12-6-7-12;/h12-15H,2-11H2,1H3,(H,17,19);1H/t14-,15+;/m1./s1. The number of nitrogens with one attached hydrogen (secondary N) is 1. The molecular weight excluding hydrogens is 304 g/mol. The summed E-state index contributed by atoms with van der Waals surface area (Å²) in [7, 11) is 0. The third-order valence-corrected chi connectivity index (χ3v) is 5.95. The van der Waals surface area contributed by atoms with Crippen molar-refractivity contribution in [1.29, 1.82) is 0 Å². The summed E-state index contributed by atoms with van der Waals surface area (Å²) >= 11 is 1.76. The molecule has 2 saturated carbocycles. The number of amides is 1. The van der Waals surface area contributed by atoms with Gasteiger partial charge in [-0.15, -0.1) is 12.4 Å². The molecule has 21 heavy (non-hydrogen) atoms. The van der Waals surface area contributed by atoms with Crippen LogP contribution in [0.1, 0.15) is 44.9 Å². The SMILES string of the molecule is CSCCC(=O)N[C@H]1CN(C2CCCC2)C[C@@H]1C1CC1.Cl. The van der Waals surface area contributed by atoms with Crippen LogP contribution in [0.15, 0.2) is 0 Å². The van der Waals surface area contributed by atoms with Crippen LogP contribution in [0, 0.1) is 11.8 Å². The Balaban J connectivity index is 0.00000161. The van der Waals surface area contributed by atoms with Crippen molar-refractivity contribution in [3.8, 4) is 0 Å². The zero-order chi connectivity index (χ0) is 13.9. The predicted octanol–water partition coefficient (Wildman–Crippen LogP) is 2.93. The van der Waals surface area contributed by atoms with Gasteiger partial charge in [0.2, 0.25) is 5.91 Å². The van der Waals surface area contributed by atoms with E-state index in [0.29, 0.717) is 12.5 Å². The van der Waals surface area contributed by atoms with Gasteiger partial charge in [0, 0.05) is 37.3 Å². The van der Waals surface area contributed by atoms with Crippen LogP contribution >= 0.6 is 24.2 Å². The maximum Gasteiger partial charge on any atom is 0.221 e. The molecule has 1 N–H and O–H groups in total. The fourth-order valence-electron chi connectivity index (χ4n) is 4.06. The normalized spacial score (nSPS) is 30.3. The van der Waals surface area contributed by atoms with Crippen LogP contribution in [0.25, 0.3) is 0 Å². The van der Waals surface area contributed by atoms with Gasteiger partial charge < -0.3 is 5.32 Å². The van der Waals surface area contributed by atoms with Crippen molar-refractivity contribution in [3.63, 3.8) is 0 Å².